The van der Waals surface area contributed by atoms with Gasteiger partial charge in [-0.3, -0.25) is 0 Å². The van der Waals surface area contributed by atoms with Crippen molar-refractivity contribution in [1.29, 1.82) is 0 Å². The summed E-state index contributed by atoms with van der Waals surface area (Å²) in [6, 6.07) is 5.75. The lowest BCUT2D eigenvalue weighted by molar-refractivity contribution is 0.419. The van der Waals surface area contributed by atoms with Gasteiger partial charge in [0.25, 0.3) is 0 Å². The van der Waals surface area contributed by atoms with E-state index in [2.05, 4.69) is 20.9 Å². The van der Waals surface area contributed by atoms with E-state index in [0.717, 1.165) is 21.0 Å². The second-order valence-corrected chi connectivity index (χ2v) is 3.99. The molecule has 1 aromatic heterocycles. The van der Waals surface area contributed by atoms with Crippen LogP contribution in [0.4, 0.5) is 0 Å². The van der Waals surface area contributed by atoms with Crippen LogP contribution in [0.5, 0.6) is 5.75 Å². The van der Waals surface area contributed by atoms with Crippen LogP contribution in [0.3, 0.4) is 0 Å². The molecular formula is C10H7BrClNO. The molecule has 2 nitrogen and oxygen atoms in total. The summed E-state index contributed by atoms with van der Waals surface area (Å²) < 4.78 is 6.13. The highest BCUT2D eigenvalue weighted by molar-refractivity contribution is 9.10. The summed E-state index contributed by atoms with van der Waals surface area (Å²) in [4.78, 5) is 4.05. The first-order chi connectivity index (χ1) is 6.74. The Morgan fingerprint density at radius 1 is 1.43 bits per heavy atom. The summed E-state index contributed by atoms with van der Waals surface area (Å²) in [6.07, 6.45) is 1.68. The van der Waals surface area contributed by atoms with E-state index in [1.807, 2.05) is 18.2 Å². The molecule has 0 aliphatic rings. The minimum absolute atomic E-state index is 0.459. The predicted molar refractivity (Wildman–Crippen MR) is 61.0 cm³/mol. The monoisotopic (exact) mass is 271 g/mol. The molecule has 0 amide bonds. The first-order valence-corrected chi connectivity index (χ1v) is 5.18. The maximum absolute atomic E-state index is 6.00. The summed E-state index contributed by atoms with van der Waals surface area (Å²) in [5.41, 5.74) is 0. The number of aromatic nitrogens is 1. The Balaban J connectivity index is 2.92. The van der Waals surface area contributed by atoms with Crippen LogP contribution in [0.25, 0.3) is 10.8 Å². The largest absolute Gasteiger partial charge is 0.496 e. The van der Waals surface area contributed by atoms with E-state index in [-0.39, 0.29) is 0 Å². The lowest BCUT2D eigenvalue weighted by Gasteiger charge is -2.07. The van der Waals surface area contributed by atoms with E-state index >= 15 is 0 Å². The third kappa shape index (κ3) is 1.47. The quantitative estimate of drug-likeness (QED) is 0.739. The minimum atomic E-state index is 0.459. The lowest BCUT2D eigenvalue weighted by Crippen LogP contribution is -1.87. The van der Waals surface area contributed by atoms with Crippen molar-refractivity contribution in [3.8, 4) is 5.75 Å². The standard InChI is InChI=1S/C10H7BrClNO/c1-14-8-4-2-3-6-7(11)5-13-10(12)9(6)8/h2-5H,1H3. The highest BCUT2D eigenvalue weighted by Crippen LogP contribution is 2.34. The molecule has 1 aromatic carbocycles. The van der Waals surface area contributed by atoms with Crippen LogP contribution >= 0.6 is 27.5 Å². The van der Waals surface area contributed by atoms with Gasteiger partial charge >= 0.3 is 0 Å². The number of pyridine rings is 1. The first-order valence-electron chi connectivity index (χ1n) is 4.00. The summed E-state index contributed by atoms with van der Waals surface area (Å²) in [5.74, 6) is 0.737. The fourth-order valence-corrected chi connectivity index (χ4v) is 2.04. The van der Waals surface area contributed by atoms with Gasteiger partial charge in [-0.2, -0.15) is 0 Å². The van der Waals surface area contributed by atoms with Crippen molar-refractivity contribution in [1.82, 2.24) is 4.98 Å². The SMILES string of the molecule is COc1cccc2c(Br)cnc(Cl)c12. The van der Waals surface area contributed by atoms with Gasteiger partial charge in [0, 0.05) is 16.1 Å². The molecule has 14 heavy (non-hydrogen) atoms. The van der Waals surface area contributed by atoms with Crippen molar-refractivity contribution in [2.45, 2.75) is 0 Å². The molecule has 0 saturated heterocycles. The van der Waals surface area contributed by atoms with Crippen LogP contribution in [0.2, 0.25) is 5.15 Å². The van der Waals surface area contributed by atoms with Gasteiger partial charge in [0.05, 0.1) is 12.5 Å². The Hall–Kier alpha value is -0.800. The number of nitrogens with zero attached hydrogens (tertiary/aromatic N) is 1. The van der Waals surface area contributed by atoms with Gasteiger partial charge in [0.15, 0.2) is 0 Å². The van der Waals surface area contributed by atoms with E-state index in [1.54, 1.807) is 13.3 Å². The molecule has 1 heterocycles. The molecule has 0 atom stereocenters. The molecule has 4 heteroatoms. The van der Waals surface area contributed by atoms with E-state index in [0.29, 0.717) is 5.15 Å². The normalized spacial score (nSPS) is 10.5. The van der Waals surface area contributed by atoms with Crippen molar-refractivity contribution in [3.63, 3.8) is 0 Å². The zero-order valence-electron chi connectivity index (χ0n) is 7.42. The van der Waals surface area contributed by atoms with Crippen molar-refractivity contribution >= 4 is 38.3 Å². The molecule has 2 rings (SSSR count). The van der Waals surface area contributed by atoms with Gasteiger partial charge in [0.2, 0.25) is 0 Å². The van der Waals surface area contributed by atoms with E-state index < -0.39 is 0 Å². The highest BCUT2D eigenvalue weighted by atomic mass is 79.9. The average molecular weight is 273 g/mol. The molecule has 0 unspecified atom stereocenters. The molecule has 0 bridgehead atoms. The van der Waals surface area contributed by atoms with Crippen LogP contribution in [0.15, 0.2) is 28.9 Å². The van der Waals surface area contributed by atoms with Crippen molar-refractivity contribution in [2.75, 3.05) is 7.11 Å². The van der Waals surface area contributed by atoms with E-state index in [1.165, 1.54) is 0 Å². The van der Waals surface area contributed by atoms with Crippen LogP contribution in [-0.4, -0.2) is 12.1 Å². The van der Waals surface area contributed by atoms with Crippen molar-refractivity contribution in [3.05, 3.63) is 34.0 Å². The average Bonchev–Trinajstić information content (AvgIpc) is 2.23. The molecule has 0 aliphatic carbocycles. The number of halogens is 2. The predicted octanol–water partition coefficient (Wildman–Crippen LogP) is 3.66. The highest BCUT2D eigenvalue weighted by Gasteiger charge is 2.08. The minimum Gasteiger partial charge on any atom is -0.496 e. The molecule has 0 saturated carbocycles. The van der Waals surface area contributed by atoms with E-state index in [4.69, 9.17) is 16.3 Å². The summed E-state index contributed by atoms with van der Waals surface area (Å²) >= 11 is 9.42. The molecule has 0 radical (unpaired) electrons. The van der Waals surface area contributed by atoms with Crippen LogP contribution < -0.4 is 4.74 Å². The zero-order valence-corrected chi connectivity index (χ0v) is 9.76. The summed E-state index contributed by atoms with van der Waals surface area (Å²) in [7, 11) is 1.62. The Morgan fingerprint density at radius 3 is 2.93 bits per heavy atom. The second kappa shape index (κ2) is 3.75. The van der Waals surface area contributed by atoms with Gasteiger partial charge in [-0.25, -0.2) is 4.98 Å². The Bertz CT molecular complexity index is 487. The van der Waals surface area contributed by atoms with Crippen LogP contribution in [0.1, 0.15) is 0 Å². The third-order valence-corrected chi connectivity index (χ3v) is 2.92. The molecule has 0 fully saturated rings. The fourth-order valence-electron chi connectivity index (χ4n) is 1.36. The molecule has 0 N–H and O–H groups in total. The Morgan fingerprint density at radius 2 is 2.21 bits per heavy atom. The van der Waals surface area contributed by atoms with Gasteiger partial charge in [0.1, 0.15) is 10.9 Å². The molecular weight excluding hydrogens is 265 g/mol. The van der Waals surface area contributed by atoms with Crippen molar-refractivity contribution in [2.24, 2.45) is 0 Å². The lowest BCUT2D eigenvalue weighted by atomic mass is 10.1. The summed E-state index contributed by atoms with van der Waals surface area (Å²) in [5, 5.41) is 2.30. The number of fused-ring (bicyclic) bond motifs is 1. The Kier molecular flexibility index (Phi) is 2.61. The molecule has 0 aliphatic heterocycles. The Labute approximate surface area is 95.0 Å². The number of rotatable bonds is 1. The molecule has 0 spiro atoms. The summed E-state index contributed by atoms with van der Waals surface area (Å²) in [6.45, 7) is 0. The number of hydrogen-bond acceptors (Lipinski definition) is 2. The first kappa shape index (κ1) is 9.74. The van der Waals surface area contributed by atoms with Gasteiger partial charge in [-0.15, -0.1) is 0 Å². The van der Waals surface area contributed by atoms with Gasteiger partial charge in [-0.1, -0.05) is 23.7 Å². The van der Waals surface area contributed by atoms with Gasteiger partial charge in [-0.05, 0) is 22.0 Å². The maximum atomic E-state index is 6.00. The number of ether oxygens (including phenoxy) is 1. The zero-order chi connectivity index (χ0) is 10.1. The smallest absolute Gasteiger partial charge is 0.140 e. The van der Waals surface area contributed by atoms with Crippen LogP contribution in [-0.2, 0) is 0 Å². The number of hydrogen-bond donors (Lipinski definition) is 0. The number of benzene rings is 1. The molecule has 2 aromatic rings. The van der Waals surface area contributed by atoms with Crippen LogP contribution in [0, 0.1) is 0 Å². The second-order valence-electron chi connectivity index (χ2n) is 2.78. The maximum Gasteiger partial charge on any atom is 0.140 e. The number of methoxy groups -OCH3 is 1. The fraction of sp³-hybridized carbons (Fsp3) is 0.100. The topological polar surface area (TPSA) is 22.1 Å². The van der Waals surface area contributed by atoms with E-state index in [9.17, 15) is 0 Å². The molecule has 72 valence electrons. The van der Waals surface area contributed by atoms with Gasteiger partial charge < -0.3 is 4.74 Å². The third-order valence-electron chi connectivity index (χ3n) is 2.00. The van der Waals surface area contributed by atoms with Crippen molar-refractivity contribution < 1.29 is 4.74 Å².